The lowest BCUT2D eigenvalue weighted by molar-refractivity contribution is 0.660. The molecule has 1 unspecified atom stereocenters. The zero-order valence-electron chi connectivity index (χ0n) is 38.0. The van der Waals surface area contributed by atoms with Gasteiger partial charge in [-0.1, -0.05) is 190 Å². The number of rotatable bonds is 6. The van der Waals surface area contributed by atoms with Gasteiger partial charge in [-0.05, 0) is 149 Å². The first kappa shape index (κ1) is 38.8. The molecule has 11 aromatic carbocycles. The van der Waals surface area contributed by atoms with Crippen LogP contribution in [0.4, 0.5) is 28.4 Å². The van der Waals surface area contributed by atoms with E-state index in [1.54, 1.807) is 0 Å². The Kier molecular flexibility index (Phi) is 8.28. The molecule has 14 rings (SSSR count). The summed E-state index contributed by atoms with van der Waals surface area (Å²) in [7, 11) is 0. The summed E-state index contributed by atoms with van der Waals surface area (Å²) in [6.07, 6.45) is 0. The van der Waals surface area contributed by atoms with Crippen molar-refractivity contribution >= 4 is 50.0 Å². The van der Waals surface area contributed by atoms with Gasteiger partial charge in [0.1, 0.15) is 0 Å². The van der Waals surface area contributed by atoms with Crippen molar-refractivity contribution in [1.82, 2.24) is 0 Å². The molecule has 2 aliphatic carbocycles. The maximum atomic E-state index is 3.85. The molecule has 0 radical (unpaired) electrons. The van der Waals surface area contributed by atoms with E-state index in [9.17, 15) is 0 Å². The highest BCUT2D eigenvalue weighted by atomic mass is 15.2. The number of hydrogen-bond donors (Lipinski definition) is 1. The molecule has 2 nitrogen and oxygen atoms in total. The van der Waals surface area contributed by atoms with E-state index in [0.717, 1.165) is 17.1 Å². The van der Waals surface area contributed by atoms with Gasteiger partial charge >= 0.3 is 0 Å². The van der Waals surface area contributed by atoms with Gasteiger partial charge in [0.25, 0.3) is 0 Å². The van der Waals surface area contributed by atoms with Crippen molar-refractivity contribution < 1.29 is 0 Å². The third-order valence-corrected chi connectivity index (χ3v) is 15.4. The molecule has 0 fully saturated rings. The van der Waals surface area contributed by atoms with Crippen LogP contribution in [0, 0.1) is 0 Å². The summed E-state index contributed by atoms with van der Waals surface area (Å²) in [4.78, 5) is 2.47. The third kappa shape index (κ3) is 5.40. The number of hydrogen-bond acceptors (Lipinski definition) is 2. The van der Waals surface area contributed by atoms with Crippen molar-refractivity contribution in [3.63, 3.8) is 0 Å². The molecule has 0 saturated carbocycles. The van der Waals surface area contributed by atoms with Crippen molar-refractivity contribution in [1.29, 1.82) is 0 Å². The molecule has 1 atom stereocenters. The Morgan fingerprint density at radius 2 is 0.985 bits per heavy atom. The molecule has 0 spiro atoms. The SMILES string of the molecule is CC1(C)c2ccccc2-c2ccc(Nc3ccccc3-c3ccc4cc(-c5ccc6c(c5)C5(c7ccccc7)c7ccccc7N(c7ccccc7)c7cccc-6c75)c5ccccc5c4c3)cc21. The smallest absolute Gasteiger partial charge is 0.0754 e. The number of fused-ring (bicyclic) bond motifs is 11. The molecular formula is C66H46N2. The molecule has 0 saturated heterocycles. The Bertz CT molecular complexity index is 3860. The van der Waals surface area contributed by atoms with Crippen molar-refractivity contribution in [2.45, 2.75) is 24.7 Å². The number of anilines is 5. The number of nitrogens with one attached hydrogen (secondary N) is 1. The molecule has 3 aliphatic rings. The molecule has 320 valence electrons. The van der Waals surface area contributed by atoms with E-state index < -0.39 is 5.41 Å². The van der Waals surface area contributed by atoms with Gasteiger partial charge in [-0.25, -0.2) is 0 Å². The predicted octanol–water partition coefficient (Wildman–Crippen LogP) is 17.5. The average Bonchev–Trinajstić information content (AvgIpc) is 3.82. The average molecular weight is 867 g/mol. The van der Waals surface area contributed by atoms with Crippen LogP contribution >= 0.6 is 0 Å². The number of nitrogens with zero attached hydrogens (tertiary/aromatic N) is 1. The summed E-state index contributed by atoms with van der Waals surface area (Å²) in [5, 5.41) is 8.81. The molecule has 68 heavy (non-hydrogen) atoms. The lowest BCUT2D eigenvalue weighted by Gasteiger charge is -2.44. The van der Waals surface area contributed by atoms with Crippen LogP contribution in [0.2, 0.25) is 0 Å². The zero-order chi connectivity index (χ0) is 45.1. The third-order valence-electron chi connectivity index (χ3n) is 15.4. The van der Waals surface area contributed by atoms with Gasteiger partial charge in [0.05, 0.1) is 16.8 Å². The van der Waals surface area contributed by atoms with Crippen molar-refractivity contribution in [3.8, 4) is 44.5 Å². The first-order valence-electron chi connectivity index (χ1n) is 23.8. The molecule has 1 aliphatic heterocycles. The molecule has 0 aromatic heterocycles. The Morgan fingerprint density at radius 1 is 0.368 bits per heavy atom. The Morgan fingerprint density at radius 3 is 1.84 bits per heavy atom. The molecule has 0 amide bonds. The second-order valence-electron chi connectivity index (χ2n) is 19.3. The lowest BCUT2D eigenvalue weighted by Crippen LogP contribution is -2.35. The highest BCUT2D eigenvalue weighted by molar-refractivity contribution is 6.15. The topological polar surface area (TPSA) is 15.3 Å². The van der Waals surface area contributed by atoms with Crippen molar-refractivity contribution in [2.75, 3.05) is 10.2 Å². The van der Waals surface area contributed by atoms with Crippen LogP contribution in [0.1, 0.15) is 47.2 Å². The predicted molar refractivity (Wildman–Crippen MR) is 285 cm³/mol. The Balaban J connectivity index is 0.905. The van der Waals surface area contributed by atoms with Crippen LogP contribution in [-0.4, -0.2) is 0 Å². The van der Waals surface area contributed by atoms with Crippen LogP contribution in [0.3, 0.4) is 0 Å². The second-order valence-corrected chi connectivity index (χ2v) is 19.3. The van der Waals surface area contributed by atoms with E-state index in [4.69, 9.17) is 0 Å². The second kappa shape index (κ2) is 14.5. The Hall–Kier alpha value is -8.46. The summed E-state index contributed by atoms with van der Waals surface area (Å²) in [5.41, 5.74) is 23.2. The first-order valence-corrected chi connectivity index (χ1v) is 23.8. The van der Waals surface area contributed by atoms with Crippen molar-refractivity contribution in [2.24, 2.45) is 0 Å². The largest absolute Gasteiger partial charge is 0.355 e. The van der Waals surface area contributed by atoms with Crippen LogP contribution in [-0.2, 0) is 10.8 Å². The van der Waals surface area contributed by atoms with E-state index in [2.05, 4.69) is 261 Å². The highest BCUT2D eigenvalue weighted by Crippen LogP contribution is 2.65. The van der Waals surface area contributed by atoms with Gasteiger partial charge in [0, 0.05) is 33.6 Å². The summed E-state index contributed by atoms with van der Waals surface area (Å²) < 4.78 is 0. The van der Waals surface area contributed by atoms with Gasteiger partial charge in [-0.2, -0.15) is 0 Å². The summed E-state index contributed by atoms with van der Waals surface area (Å²) in [5.74, 6) is 0. The molecule has 2 heteroatoms. The van der Waals surface area contributed by atoms with E-state index in [1.807, 2.05) is 0 Å². The van der Waals surface area contributed by atoms with Crippen LogP contribution in [0.5, 0.6) is 0 Å². The summed E-state index contributed by atoms with van der Waals surface area (Å²) in [6, 6.07) is 88.1. The maximum Gasteiger partial charge on any atom is 0.0754 e. The van der Waals surface area contributed by atoms with E-state index in [1.165, 1.54) is 111 Å². The van der Waals surface area contributed by atoms with E-state index in [0.29, 0.717) is 0 Å². The minimum atomic E-state index is -0.523. The Labute approximate surface area is 397 Å². The van der Waals surface area contributed by atoms with Gasteiger partial charge < -0.3 is 10.2 Å². The summed E-state index contributed by atoms with van der Waals surface area (Å²) in [6.45, 7) is 4.68. The summed E-state index contributed by atoms with van der Waals surface area (Å²) >= 11 is 0. The van der Waals surface area contributed by atoms with Gasteiger partial charge in [0.15, 0.2) is 0 Å². The fraction of sp³-hybridized carbons (Fsp3) is 0.0606. The minimum Gasteiger partial charge on any atom is -0.355 e. The molecular weight excluding hydrogens is 821 g/mol. The molecule has 1 N–H and O–H groups in total. The van der Waals surface area contributed by atoms with Gasteiger partial charge in [-0.15, -0.1) is 0 Å². The lowest BCUT2D eigenvalue weighted by atomic mass is 9.64. The van der Waals surface area contributed by atoms with Gasteiger partial charge in [-0.3, -0.25) is 0 Å². The molecule has 11 aromatic rings. The fourth-order valence-corrected chi connectivity index (χ4v) is 12.4. The highest BCUT2D eigenvalue weighted by Gasteiger charge is 2.52. The minimum absolute atomic E-state index is 0.0647. The molecule has 1 heterocycles. The van der Waals surface area contributed by atoms with Gasteiger partial charge in [0.2, 0.25) is 0 Å². The van der Waals surface area contributed by atoms with E-state index in [-0.39, 0.29) is 5.41 Å². The van der Waals surface area contributed by atoms with Crippen LogP contribution < -0.4 is 10.2 Å². The maximum absolute atomic E-state index is 3.85. The quantitative estimate of drug-likeness (QED) is 0.168. The van der Waals surface area contributed by atoms with Crippen LogP contribution in [0.25, 0.3) is 66.1 Å². The normalized spacial score (nSPS) is 15.6. The fourth-order valence-electron chi connectivity index (χ4n) is 12.4. The number of para-hydroxylation sites is 3. The first-order chi connectivity index (χ1) is 33.5. The molecule has 0 bridgehead atoms. The van der Waals surface area contributed by atoms with Crippen LogP contribution in [0.15, 0.2) is 237 Å². The van der Waals surface area contributed by atoms with Crippen molar-refractivity contribution in [3.05, 3.63) is 270 Å². The van der Waals surface area contributed by atoms with E-state index >= 15 is 0 Å². The zero-order valence-corrected chi connectivity index (χ0v) is 38.0. The monoisotopic (exact) mass is 866 g/mol. The standard InChI is InChI=1S/C66H46N2/c1-65(2)57-27-13-11-25-51(57)52-37-35-46(41-59(52)65)67-61-29-15-12-22-48(61)42-32-33-43-39-56(50-24-10-9-23-49(50)55(43)38-42)44-34-36-53-54-26-17-31-63-64(54)66(60(53)40-44,45-18-5-3-6-19-45)58-28-14-16-30-62(58)68(63)47-20-7-4-8-21-47/h3-41,67H,1-2H3. The number of benzene rings is 11.